The largest absolute Gasteiger partial charge is 0.483 e. The van der Waals surface area contributed by atoms with Gasteiger partial charge in [-0.1, -0.05) is 24.3 Å². The number of benzene rings is 2. The summed E-state index contributed by atoms with van der Waals surface area (Å²) in [4.78, 5) is 26.3. The van der Waals surface area contributed by atoms with Crippen molar-refractivity contribution in [2.75, 3.05) is 26.3 Å². The zero-order valence-electron chi connectivity index (χ0n) is 15.5. The van der Waals surface area contributed by atoms with Crippen LogP contribution in [0.4, 0.5) is 0 Å². The minimum Gasteiger partial charge on any atom is -0.483 e. The number of carbonyl (C=O) groups is 2. The molecule has 0 aliphatic carbocycles. The molecule has 26 heavy (non-hydrogen) atoms. The minimum atomic E-state index is -0.241. The molecule has 0 saturated carbocycles. The van der Waals surface area contributed by atoms with E-state index >= 15 is 0 Å². The second kappa shape index (κ2) is 9.20. The molecule has 0 heterocycles. The summed E-state index contributed by atoms with van der Waals surface area (Å²) >= 11 is 0. The maximum Gasteiger partial charge on any atom is 0.258 e. The molecule has 2 amide bonds. The number of hydrogen-bond donors (Lipinski definition) is 2. The van der Waals surface area contributed by atoms with E-state index in [1.54, 1.807) is 17.0 Å². The molecule has 0 spiro atoms. The highest BCUT2D eigenvalue weighted by molar-refractivity contribution is 6.01. The Balaban J connectivity index is 2.35. The first-order valence-electron chi connectivity index (χ1n) is 8.81. The van der Waals surface area contributed by atoms with Gasteiger partial charge in [-0.25, -0.2) is 0 Å². The quantitative estimate of drug-likeness (QED) is 0.758. The van der Waals surface area contributed by atoms with Gasteiger partial charge < -0.3 is 20.1 Å². The summed E-state index contributed by atoms with van der Waals surface area (Å²) in [6.45, 7) is 6.04. The van der Waals surface area contributed by atoms with Crippen molar-refractivity contribution < 1.29 is 19.4 Å². The number of nitrogens with zero attached hydrogens (tertiary/aromatic N) is 1. The van der Waals surface area contributed by atoms with Crippen LogP contribution in [-0.4, -0.2) is 54.2 Å². The monoisotopic (exact) mass is 358 g/mol. The number of aliphatic hydroxyl groups is 1. The highest BCUT2D eigenvalue weighted by Gasteiger charge is 2.20. The molecule has 0 radical (unpaired) electrons. The molecule has 140 valence electrons. The minimum absolute atomic E-state index is 0.0175. The molecule has 2 aromatic carbocycles. The smallest absolute Gasteiger partial charge is 0.258 e. The first-order valence-corrected chi connectivity index (χ1v) is 8.81. The van der Waals surface area contributed by atoms with E-state index in [4.69, 9.17) is 4.74 Å². The summed E-state index contributed by atoms with van der Waals surface area (Å²) < 4.78 is 5.68. The lowest BCUT2D eigenvalue weighted by Crippen LogP contribution is -2.35. The average molecular weight is 358 g/mol. The standard InChI is InChI=1S/C20H26N2O4/c1-4-22(9-10-23)20(25)17-11-15-7-5-6-8-16(15)12-18(17)26-13-19(24)21-14(2)3/h5-8,11-12,14,23H,4,9-10,13H2,1-3H3,(H,21,24). The van der Waals surface area contributed by atoms with Crippen molar-refractivity contribution in [3.63, 3.8) is 0 Å². The van der Waals surface area contributed by atoms with Crippen molar-refractivity contribution in [1.29, 1.82) is 0 Å². The van der Waals surface area contributed by atoms with Crippen molar-refractivity contribution in [2.24, 2.45) is 0 Å². The van der Waals surface area contributed by atoms with Crippen LogP contribution < -0.4 is 10.1 Å². The molecule has 6 heteroatoms. The Morgan fingerprint density at radius 3 is 2.42 bits per heavy atom. The van der Waals surface area contributed by atoms with Crippen LogP contribution in [0, 0.1) is 0 Å². The third-order valence-electron chi connectivity index (χ3n) is 3.93. The highest BCUT2D eigenvalue weighted by atomic mass is 16.5. The maximum atomic E-state index is 12.9. The van der Waals surface area contributed by atoms with Crippen molar-refractivity contribution in [3.8, 4) is 5.75 Å². The van der Waals surface area contributed by atoms with E-state index in [1.165, 1.54) is 0 Å². The number of hydrogen-bond acceptors (Lipinski definition) is 4. The number of aliphatic hydroxyl groups excluding tert-OH is 1. The van der Waals surface area contributed by atoms with Crippen LogP contribution in [0.5, 0.6) is 5.75 Å². The third kappa shape index (κ3) is 4.95. The molecular weight excluding hydrogens is 332 g/mol. The number of likely N-dealkylation sites (N-methyl/N-ethyl adjacent to an activating group) is 1. The Bertz CT molecular complexity index is 773. The Morgan fingerprint density at radius 2 is 1.85 bits per heavy atom. The van der Waals surface area contributed by atoms with Gasteiger partial charge in [-0.2, -0.15) is 0 Å². The fourth-order valence-corrected chi connectivity index (χ4v) is 2.71. The van der Waals surface area contributed by atoms with Gasteiger partial charge in [0.25, 0.3) is 11.8 Å². The summed E-state index contributed by atoms with van der Waals surface area (Å²) in [5.41, 5.74) is 0.386. The summed E-state index contributed by atoms with van der Waals surface area (Å²) in [6, 6.07) is 11.2. The van der Waals surface area contributed by atoms with Crippen LogP contribution in [0.25, 0.3) is 10.8 Å². The number of nitrogens with one attached hydrogen (secondary N) is 1. The Morgan fingerprint density at radius 1 is 1.19 bits per heavy atom. The van der Waals surface area contributed by atoms with Gasteiger partial charge in [-0.15, -0.1) is 0 Å². The van der Waals surface area contributed by atoms with Crippen LogP contribution in [-0.2, 0) is 4.79 Å². The van der Waals surface area contributed by atoms with Gasteiger partial charge in [0.1, 0.15) is 5.75 Å². The molecular formula is C20H26N2O4. The molecule has 0 fully saturated rings. The van der Waals surface area contributed by atoms with E-state index in [2.05, 4.69) is 5.32 Å². The van der Waals surface area contributed by atoms with Crippen molar-refractivity contribution in [3.05, 3.63) is 42.0 Å². The molecule has 6 nitrogen and oxygen atoms in total. The van der Waals surface area contributed by atoms with Gasteiger partial charge in [0.2, 0.25) is 0 Å². The topological polar surface area (TPSA) is 78.9 Å². The first-order chi connectivity index (χ1) is 12.5. The molecule has 0 bridgehead atoms. The predicted molar refractivity (Wildman–Crippen MR) is 101 cm³/mol. The molecule has 0 aromatic heterocycles. The SMILES string of the molecule is CCN(CCO)C(=O)c1cc2ccccc2cc1OCC(=O)NC(C)C. The van der Waals surface area contributed by atoms with E-state index in [1.807, 2.05) is 45.0 Å². The second-order valence-electron chi connectivity index (χ2n) is 6.31. The van der Waals surface area contributed by atoms with Crippen LogP contribution in [0.2, 0.25) is 0 Å². The number of ether oxygens (including phenoxy) is 1. The van der Waals surface area contributed by atoms with Crippen LogP contribution >= 0.6 is 0 Å². The van der Waals surface area contributed by atoms with Crippen LogP contribution in [0.3, 0.4) is 0 Å². The lowest BCUT2D eigenvalue weighted by Gasteiger charge is -2.22. The zero-order chi connectivity index (χ0) is 19.1. The molecule has 2 rings (SSSR count). The third-order valence-corrected chi connectivity index (χ3v) is 3.93. The lowest BCUT2D eigenvalue weighted by atomic mass is 10.0. The Labute approximate surface area is 153 Å². The van der Waals surface area contributed by atoms with E-state index < -0.39 is 0 Å². The molecule has 2 aromatic rings. The molecule has 0 unspecified atom stereocenters. The molecule has 0 aliphatic heterocycles. The summed E-state index contributed by atoms with van der Waals surface area (Å²) in [5.74, 6) is -0.107. The van der Waals surface area contributed by atoms with Gasteiger partial charge in [0.15, 0.2) is 6.61 Å². The number of carbonyl (C=O) groups excluding carboxylic acids is 2. The molecule has 0 aliphatic rings. The van der Waals surface area contributed by atoms with E-state index in [0.29, 0.717) is 17.9 Å². The fourth-order valence-electron chi connectivity index (χ4n) is 2.71. The van der Waals surface area contributed by atoms with Gasteiger partial charge in [-0.3, -0.25) is 9.59 Å². The second-order valence-corrected chi connectivity index (χ2v) is 6.31. The van der Waals surface area contributed by atoms with E-state index in [9.17, 15) is 14.7 Å². The molecule has 2 N–H and O–H groups in total. The lowest BCUT2D eigenvalue weighted by molar-refractivity contribution is -0.123. The summed E-state index contributed by atoms with van der Waals surface area (Å²) in [6.07, 6.45) is 0. The van der Waals surface area contributed by atoms with Crippen molar-refractivity contribution in [1.82, 2.24) is 10.2 Å². The highest BCUT2D eigenvalue weighted by Crippen LogP contribution is 2.27. The van der Waals surface area contributed by atoms with E-state index in [-0.39, 0.29) is 37.6 Å². The van der Waals surface area contributed by atoms with Gasteiger partial charge in [0.05, 0.1) is 12.2 Å². The van der Waals surface area contributed by atoms with Gasteiger partial charge in [0, 0.05) is 19.1 Å². The van der Waals surface area contributed by atoms with Crippen molar-refractivity contribution >= 4 is 22.6 Å². The summed E-state index contributed by atoms with van der Waals surface area (Å²) in [5, 5.41) is 13.8. The van der Waals surface area contributed by atoms with Gasteiger partial charge in [-0.05, 0) is 43.7 Å². The number of fused-ring (bicyclic) bond motifs is 1. The normalized spacial score (nSPS) is 10.8. The van der Waals surface area contributed by atoms with Crippen LogP contribution in [0.1, 0.15) is 31.1 Å². The maximum absolute atomic E-state index is 12.9. The summed E-state index contributed by atoms with van der Waals surface area (Å²) in [7, 11) is 0. The average Bonchev–Trinajstić information content (AvgIpc) is 2.62. The molecule has 0 atom stereocenters. The predicted octanol–water partition coefficient (Wildman–Crippen LogP) is 2.20. The van der Waals surface area contributed by atoms with Gasteiger partial charge >= 0.3 is 0 Å². The Kier molecular flexibility index (Phi) is 6.97. The zero-order valence-corrected chi connectivity index (χ0v) is 15.5. The number of amides is 2. The Hall–Kier alpha value is -2.60. The number of rotatable bonds is 8. The van der Waals surface area contributed by atoms with Crippen molar-refractivity contribution in [2.45, 2.75) is 26.8 Å². The van der Waals surface area contributed by atoms with E-state index in [0.717, 1.165) is 10.8 Å². The fraction of sp³-hybridized carbons (Fsp3) is 0.400. The molecule has 0 saturated heterocycles. The van der Waals surface area contributed by atoms with Crippen LogP contribution in [0.15, 0.2) is 36.4 Å². The first kappa shape index (κ1) is 19.7.